The van der Waals surface area contributed by atoms with Crippen molar-refractivity contribution in [1.29, 1.82) is 0 Å². The van der Waals surface area contributed by atoms with Crippen molar-refractivity contribution in [3.8, 4) is 5.75 Å². The highest BCUT2D eigenvalue weighted by atomic mass is 16.5. The second-order valence-electron chi connectivity index (χ2n) is 5.02. The summed E-state index contributed by atoms with van der Waals surface area (Å²) in [4.78, 5) is 0. The molecule has 0 heterocycles. The SMILES string of the molecule is CCCC1CC1NC(C)c1ccccc1OC. The van der Waals surface area contributed by atoms with E-state index in [-0.39, 0.29) is 0 Å². The molecule has 1 saturated carbocycles. The maximum absolute atomic E-state index is 5.40. The van der Waals surface area contributed by atoms with Crippen LogP contribution in [-0.4, -0.2) is 13.2 Å². The highest BCUT2D eigenvalue weighted by Gasteiger charge is 2.36. The molecule has 94 valence electrons. The Morgan fingerprint density at radius 2 is 2.18 bits per heavy atom. The van der Waals surface area contributed by atoms with Gasteiger partial charge in [0.2, 0.25) is 0 Å². The molecule has 1 aliphatic carbocycles. The van der Waals surface area contributed by atoms with E-state index in [1.54, 1.807) is 7.11 Å². The monoisotopic (exact) mass is 233 g/mol. The molecule has 1 aromatic rings. The molecule has 2 nitrogen and oxygen atoms in total. The van der Waals surface area contributed by atoms with Crippen molar-refractivity contribution >= 4 is 0 Å². The van der Waals surface area contributed by atoms with Gasteiger partial charge in [-0.1, -0.05) is 31.5 Å². The van der Waals surface area contributed by atoms with Crippen LogP contribution in [0.15, 0.2) is 24.3 Å². The topological polar surface area (TPSA) is 21.3 Å². The molecule has 0 spiro atoms. The van der Waals surface area contributed by atoms with Crippen molar-refractivity contribution in [2.75, 3.05) is 7.11 Å². The van der Waals surface area contributed by atoms with Gasteiger partial charge in [0.1, 0.15) is 5.75 Å². The van der Waals surface area contributed by atoms with Gasteiger partial charge in [0, 0.05) is 17.6 Å². The molecule has 0 saturated heterocycles. The van der Waals surface area contributed by atoms with Crippen molar-refractivity contribution in [1.82, 2.24) is 5.32 Å². The van der Waals surface area contributed by atoms with E-state index < -0.39 is 0 Å². The van der Waals surface area contributed by atoms with Crippen LogP contribution in [0.3, 0.4) is 0 Å². The first-order valence-electron chi connectivity index (χ1n) is 6.65. The maximum atomic E-state index is 5.40. The van der Waals surface area contributed by atoms with E-state index in [2.05, 4.69) is 31.3 Å². The summed E-state index contributed by atoms with van der Waals surface area (Å²) in [7, 11) is 1.74. The Bertz CT molecular complexity index is 364. The zero-order valence-corrected chi connectivity index (χ0v) is 11.1. The minimum atomic E-state index is 0.373. The third-order valence-electron chi connectivity index (χ3n) is 3.65. The Hall–Kier alpha value is -1.02. The van der Waals surface area contributed by atoms with E-state index in [1.165, 1.54) is 24.8 Å². The Balaban J connectivity index is 1.93. The number of methoxy groups -OCH3 is 1. The summed E-state index contributed by atoms with van der Waals surface area (Å²) in [6.45, 7) is 4.48. The number of hydrogen-bond acceptors (Lipinski definition) is 2. The third-order valence-corrected chi connectivity index (χ3v) is 3.65. The lowest BCUT2D eigenvalue weighted by Crippen LogP contribution is -2.22. The zero-order chi connectivity index (χ0) is 12.3. The Morgan fingerprint density at radius 3 is 2.88 bits per heavy atom. The van der Waals surface area contributed by atoms with Gasteiger partial charge in [0.25, 0.3) is 0 Å². The molecule has 17 heavy (non-hydrogen) atoms. The molecule has 1 aromatic carbocycles. The van der Waals surface area contributed by atoms with E-state index in [1.807, 2.05) is 12.1 Å². The van der Waals surface area contributed by atoms with Gasteiger partial charge >= 0.3 is 0 Å². The molecule has 2 rings (SSSR count). The molecule has 0 aliphatic heterocycles. The first-order chi connectivity index (χ1) is 8.26. The highest BCUT2D eigenvalue weighted by Crippen LogP contribution is 2.37. The van der Waals surface area contributed by atoms with Crippen LogP contribution in [0.4, 0.5) is 0 Å². The summed E-state index contributed by atoms with van der Waals surface area (Å²) < 4.78 is 5.40. The van der Waals surface area contributed by atoms with Gasteiger partial charge in [-0.3, -0.25) is 0 Å². The van der Waals surface area contributed by atoms with Crippen LogP contribution in [0.2, 0.25) is 0 Å². The number of ether oxygens (including phenoxy) is 1. The third kappa shape index (κ3) is 3.01. The normalized spacial score (nSPS) is 24.4. The molecule has 0 radical (unpaired) electrons. The molecule has 3 unspecified atom stereocenters. The smallest absolute Gasteiger partial charge is 0.123 e. The molecule has 0 bridgehead atoms. The van der Waals surface area contributed by atoms with Gasteiger partial charge in [-0.2, -0.15) is 0 Å². The van der Waals surface area contributed by atoms with Crippen molar-refractivity contribution in [3.05, 3.63) is 29.8 Å². The van der Waals surface area contributed by atoms with Gasteiger partial charge in [0.15, 0.2) is 0 Å². The molecule has 1 fully saturated rings. The van der Waals surface area contributed by atoms with Gasteiger partial charge in [0.05, 0.1) is 7.11 Å². The molecular formula is C15H23NO. The fourth-order valence-corrected chi connectivity index (χ4v) is 2.58. The average molecular weight is 233 g/mol. The van der Waals surface area contributed by atoms with Crippen LogP contribution in [0, 0.1) is 5.92 Å². The number of hydrogen-bond donors (Lipinski definition) is 1. The number of para-hydroxylation sites is 1. The lowest BCUT2D eigenvalue weighted by Gasteiger charge is -2.17. The molecule has 1 N–H and O–H groups in total. The summed E-state index contributed by atoms with van der Waals surface area (Å²) >= 11 is 0. The predicted molar refractivity (Wildman–Crippen MR) is 71.3 cm³/mol. The zero-order valence-electron chi connectivity index (χ0n) is 11.1. The van der Waals surface area contributed by atoms with E-state index >= 15 is 0 Å². The first kappa shape index (κ1) is 12.4. The molecule has 0 amide bonds. The fourth-order valence-electron chi connectivity index (χ4n) is 2.58. The summed E-state index contributed by atoms with van der Waals surface area (Å²) in [5.41, 5.74) is 1.26. The van der Waals surface area contributed by atoms with Gasteiger partial charge in [-0.25, -0.2) is 0 Å². The van der Waals surface area contributed by atoms with Gasteiger partial charge < -0.3 is 10.1 Å². The standard InChI is InChI=1S/C15H23NO/c1-4-7-12-10-14(12)16-11(2)13-8-5-6-9-15(13)17-3/h5-6,8-9,11-12,14,16H,4,7,10H2,1-3H3. The quantitative estimate of drug-likeness (QED) is 0.811. The van der Waals surface area contributed by atoms with Crippen LogP contribution >= 0.6 is 0 Å². The Morgan fingerprint density at radius 1 is 1.41 bits per heavy atom. The molecule has 2 heteroatoms. The second-order valence-corrected chi connectivity index (χ2v) is 5.02. The lowest BCUT2D eigenvalue weighted by atomic mass is 10.1. The predicted octanol–water partition coefficient (Wildman–Crippen LogP) is 3.53. The van der Waals surface area contributed by atoms with Crippen LogP contribution in [0.1, 0.15) is 44.7 Å². The van der Waals surface area contributed by atoms with Crippen molar-refractivity contribution in [2.45, 2.75) is 45.2 Å². The lowest BCUT2D eigenvalue weighted by molar-refractivity contribution is 0.400. The fraction of sp³-hybridized carbons (Fsp3) is 0.600. The molecular weight excluding hydrogens is 210 g/mol. The summed E-state index contributed by atoms with van der Waals surface area (Å²) in [5.74, 6) is 1.89. The summed E-state index contributed by atoms with van der Waals surface area (Å²) in [6, 6.07) is 9.36. The minimum Gasteiger partial charge on any atom is -0.496 e. The number of nitrogens with one attached hydrogen (secondary N) is 1. The number of rotatable bonds is 6. The van der Waals surface area contributed by atoms with Crippen LogP contribution in [0.5, 0.6) is 5.75 Å². The molecule has 0 aromatic heterocycles. The second kappa shape index (κ2) is 5.54. The van der Waals surface area contributed by atoms with Crippen molar-refractivity contribution in [2.24, 2.45) is 5.92 Å². The van der Waals surface area contributed by atoms with Crippen molar-refractivity contribution in [3.63, 3.8) is 0 Å². The molecule has 3 atom stereocenters. The largest absolute Gasteiger partial charge is 0.496 e. The Kier molecular flexibility index (Phi) is 4.06. The van der Waals surface area contributed by atoms with Gasteiger partial charge in [-0.05, 0) is 31.7 Å². The average Bonchev–Trinajstić information content (AvgIpc) is 3.07. The van der Waals surface area contributed by atoms with E-state index in [0.717, 1.165) is 17.7 Å². The Labute approximate surface area is 104 Å². The minimum absolute atomic E-state index is 0.373. The van der Waals surface area contributed by atoms with E-state index in [0.29, 0.717) is 6.04 Å². The summed E-state index contributed by atoms with van der Waals surface area (Å²) in [5, 5.41) is 3.70. The molecule has 1 aliphatic rings. The van der Waals surface area contributed by atoms with Crippen LogP contribution in [-0.2, 0) is 0 Å². The summed E-state index contributed by atoms with van der Waals surface area (Å²) in [6.07, 6.45) is 4.00. The van der Waals surface area contributed by atoms with Crippen molar-refractivity contribution < 1.29 is 4.74 Å². The van der Waals surface area contributed by atoms with Gasteiger partial charge in [-0.15, -0.1) is 0 Å². The van der Waals surface area contributed by atoms with Crippen LogP contribution < -0.4 is 10.1 Å². The highest BCUT2D eigenvalue weighted by molar-refractivity contribution is 5.35. The van der Waals surface area contributed by atoms with E-state index in [9.17, 15) is 0 Å². The van der Waals surface area contributed by atoms with E-state index in [4.69, 9.17) is 4.74 Å². The maximum Gasteiger partial charge on any atom is 0.123 e. The number of benzene rings is 1. The first-order valence-corrected chi connectivity index (χ1v) is 6.65. The van der Waals surface area contributed by atoms with Crippen LogP contribution in [0.25, 0.3) is 0 Å².